The second kappa shape index (κ2) is 4.08. The predicted molar refractivity (Wildman–Crippen MR) is 58.5 cm³/mol. The SMILES string of the molecule is CC1CCCCC1N(C)c1nnc(N)o1. The molecule has 1 aliphatic carbocycles. The van der Waals surface area contributed by atoms with E-state index in [0.29, 0.717) is 18.0 Å². The molecule has 1 saturated carbocycles. The van der Waals surface area contributed by atoms with Crippen LogP contribution < -0.4 is 10.6 Å². The summed E-state index contributed by atoms with van der Waals surface area (Å²) in [5, 5.41) is 7.59. The summed E-state index contributed by atoms with van der Waals surface area (Å²) in [5.41, 5.74) is 5.41. The largest absolute Gasteiger partial charge is 0.390 e. The van der Waals surface area contributed by atoms with Gasteiger partial charge in [0, 0.05) is 13.1 Å². The van der Waals surface area contributed by atoms with Gasteiger partial charge >= 0.3 is 12.0 Å². The summed E-state index contributed by atoms with van der Waals surface area (Å²) < 4.78 is 5.23. The lowest BCUT2D eigenvalue weighted by atomic mass is 9.85. The van der Waals surface area contributed by atoms with E-state index in [2.05, 4.69) is 22.0 Å². The third-order valence-electron chi connectivity index (χ3n) is 3.30. The Kier molecular flexibility index (Phi) is 2.79. The lowest BCUT2D eigenvalue weighted by Gasteiger charge is -2.34. The zero-order valence-corrected chi connectivity index (χ0v) is 9.31. The van der Waals surface area contributed by atoms with Gasteiger partial charge in [0.15, 0.2) is 0 Å². The molecule has 0 bridgehead atoms. The van der Waals surface area contributed by atoms with Crippen molar-refractivity contribution in [3.63, 3.8) is 0 Å². The van der Waals surface area contributed by atoms with Crippen molar-refractivity contribution >= 4 is 12.0 Å². The highest BCUT2D eigenvalue weighted by Crippen LogP contribution is 2.29. The lowest BCUT2D eigenvalue weighted by molar-refractivity contribution is 0.312. The number of anilines is 2. The van der Waals surface area contributed by atoms with E-state index in [4.69, 9.17) is 10.2 Å². The van der Waals surface area contributed by atoms with Crippen molar-refractivity contribution < 1.29 is 4.42 Å². The van der Waals surface area contributed by atoms with E-state index in [1.165, 1.54) is 25.7 Å². The van der Waals surface area contributed by atoms with Gasteiger partial charge in [-0.3, -0.25) is 0 Å². The number of nitrogen functional groups attached to an aromatic ring is 1. The fraction of sp³-hybridized carbons (Fsp3) is 0.800. The van der Waals surface area contributed by atoms with E-state index in [-0.39, 0.29) is 6.01 Å². The minimum atomic E-state index is 0.139. The van der Waals surface area contributed by atoms with Crippen molar-refractivity contribution in [1.29, 1.82) is 0 Å². The Morgan fingerprint density at radius 2 is 2.07 bits per heavy atom. The maximum absolute atomic E-state index is 5.41. The number of hydrogen-bond acceptors (Lipinski definition) is 5. The molecule has 0 saturated heterocycles. The Balaban J connectivity index is 2.09. The molecule has 5 heteroatoms. The van der Waals surface area contributed by atoms with E-state index < -0.39 is 0 Å². The van der Waals surface area contributed by atoms with E-state index in [9.17, 15) is 0 Å². The van der Waals surface area contributed by atoms with Crippen molar-refractivity contribution in [2.24, 2.45) is 5.92 Å². The van der Waals surface area contributed by atoms with Crippen LogP contribution in [0.2, 0.25) is 0 Å². The molecule has 1 aromatic heterocycles. The average molecular weight is 210 g/mol. The highest BCUT2D eigenvalue weighted by molar-refractivity contribution is 5.28. The molecule has 2 N–H and O–H groups in total. The summed E-state index contributed by atoms with van der Waals surface area (Å²) in [6.07, 6.45) is 5.08. The summed E-state index contributed by atoms with van der Waals surface area (Å²) in [6.45, 7) is 2.28. The van der Waals surface area contributed by atoms with Crippen molar-refractivity contribution in [3.05, 3.63) is 0 Å². The van der Waals surface area contributed by atoms with Gasteiger partial charge in [-0.15, -0.1) is 0 Å². The third kappa shape index (κ3) is 2.06. The number of hydrogen-bond donors (Lipinski definition) is 1. The highest BCUT2D eigenvalue weighted by Gasteiger charge is 2.27. The Hall–Kier alpha value is -1.26. The molecule has 2 rings (SSSR count). The molecule has 1 heterocycles. The van der Waals surface area contributed by atoms with Gasteiger partial charge in [0.25, 0.3) is 0 Å². The molecule has 0 amide bonds. The van der Waals surface area contributed by atoms with Crippen LogP contribution in [-0.2, 0) is 0 Å². The van der Waals surface area contributed by atoms with Crippen molar-refractivity contribution in [2.45, 2.75) is 38.6 Å². The van der Waals surface area contributed by atoms with Gasteiger partial charge in [0.2, 0.25) is 0 Å². The van der Waals surface area contributed by atoms with Gasteiger partial charge in [-0.25, -0.2) is 0 Å². The van der Waals surface area contributed by atoms with Crippen LogP contribution in [0.5, 0.6) is 0 Å². The molecule has 1 aliphatic rings. The van der Waals surface area contributed by atoms with E-state index >= 15 is 0 Å². The fourth-order valence-corrected chi connectivity index (χ4v) is 2.38. The van der Waals surface area contributed by atoms with Crippen LogP contribution in [0.1, 0.15) is 32.6 Å². The zero-order valence-electron chi connectivity index (χ0n) is 9.31. The van der Waals surface area contributed by atoms with Gasteiger partial charge in [0.1, 0.15) is 0 Å². The molecule has 5 nitrogen and oxygen atoms in total. The van der Waals surface area contributed by atoms with Gasteiger partial charge in [-0.2, -0.15) is 0 Å². The predicted octanol–water partition coefficient (Wildman–Crippen LogP) is 1.67. The lowest BCUT2D eigenvalue weighted by Crippen LogP contribution is -2.39. The zero-order chi connectivity index (χ0) is 10.8. The van der Waals surface area contributed by atoms with Gasteiger partial charge < -0.3 is 15.1 Å². The minimum Gasteiger partial charge on any atom is -0.390 e. The first-order chi connectivity index (χ1) is 7.18. The molecular formula is C10H18N4O. The summed E-state index contributed by atoms with van der Waals surface area (Å²) in [6, 6.07) is 1.17. The quantitative estimate of drug-likeness (QED) is 0.804. The molecule has 1 aromatic rings. The average Bonchev–Trinajstić information content (AvgIpc) is 2.65. The molecular weight excluding hydrogens is 192 g/mol. The summed E-state index contributed by atoms with van der Waals surface area (Å²) in [7, 11) is 2.00. The molecule has 84 valence electrons. The van der Waals surface area contributed by atoms with Crippen LogP contribution in [0, 0.1) is 5.92 Å². The summed E-state index contributed by atoms with van der Waals surface area (Å²) in [4.78, 5) is 2.06. The number of nitrogens with zero attached hydrogens (tertiary/aromatic N) is 3. The summed E-state index contributed by atoms with van der Waals surface area (Å²) >= 11 is 0. The second-order valence-electron chi connectivity index (χ2n) is 4.36. The van der Waals surface area contributed by atoms with Crippen molar-refractivity contribution in [2.75, 3.05) is 17.7 Å². The van der Waals surface area contributed by atoms with Crippen LogP contribution in [0.25, 0.3) is 0 Å². The standard InChI is InChI=1S/C10H18N4O/c1-7-5-3-4-6-8(7)14(2)10-13-12-9(11)15-10/h7-8H,3-6H2,1-2H3,(H2,11,12). The number of nitrogens with two attached hydrogens (primary N) is 1. The van der Waals surface area contributed by atoms with E-state index in [1.807, 2.05) is 7.05 Å². The molecule has 15 heavy (non-hydrogen) atoms. The molecule has 2 unspecified atom stereocenters. The molecule has 1 fully saturated rings. The Morgan fingerprint density at radius 3 is 2.67 bits per heavy atom. The maximum Gasteiger partial charge on any atom is 0.319 e. The Bertz CT molecular complexity index is 325. The van der Waals surface area contributed by atoms with Crippen molar-refractivity contribution in [3.8, 4) is 0 Å². The second-order valence-corrected chi connectivity index (χ2v) is 4.36. The molecule has 0 spiro atoms. The molecule has 0 aliphatic heterocycles. The molecule has 0 radical (unpaired) electrons. The minimum absolute atomic E-state index is 0.139. The summed E-state index contributed by atoms with van der Waals surface area (Å²) in [5.74, 6) is 0.678. The molecule has 0 aromatic carbocycles. The maximum atomic E-state index is 5.41. The normalized spacial score (nSPS) is 26.5. The Morgan fingerprint density at radius 1 is 1.33 bits per heavy atom. The fourth-order valence-electron chi connectivity index (χ4n) is 2.38. The van der Waals surface area contributed by atoms with Crippen LogP contribution in [0.3, 0.4) is 0 Å². The van der Waals surface area contributed by atoms with Gasteiger partial charge in [-0.05, 0) is 18.8 Å². The van der Waals surface area contributed by atoms with Crippen LogP contribution in [0.4, 0.5) is 12.0 Å². The number of aromatic nitrogens is 2. The Labute approximate surface area is 89.6 Å². The van der Waals surface area contributed by atoms with E-state index in [0.717, 1.165) is 0 Å². The van der Waals surface area contributed by atoms with E-state index in [1.54, 1.807) is 0 Å². The van der Waals surface area contributed by atoms with Crippen LogP contribution in [-0.4, -0.2) is 23.3 Å². The number of rotatable bonds is 2. The first-order valence-electron chi connectivity index (χ1n) is 5.50. The van der Waals surface area contributed by atoms with Crippen LogP contribution in [0.15, 0.2) is 4.42 Å². The third-order valence-corrected chi connectivity index (χ3v) is 3.30. The molecule has 2 atom stereocenters. The first kappa shape index (κ1) is 10.3. The van der Waals surface area contributed by atoms with Gasteiger partial charge in [0.05, 0.1) is 0 Å². The van der Waals surface area contributed by atoms with Crippen LogP contribution >= 0.6 is 0 Å². The van der Waals surface area contributed by atoms with Gasteiger partial charge in [-0.1, -0.05) is 30.0 Å². The first-order valence-corrected chi connectivity index (χ1v) is 5.50. The topological polar surface area (TPSA) is 68.2 Å². The highest BCUT2D eigenvalue weighted by atomic mass is 16.4. The smallest absolute Gasteiger partial charge is 0.319 e. The monoisotopic (exact) mass is 210 g/mol. The van der Waals surface area contributed by atoms with Crippen molar-refractivity contribution in [1.82, 2.24) is 10.2 Å².